The molecule has 0 aromatic heterocycles. The van der Waals surface area contributed by atoms with Crippen LogP contribution in [-0.2, 0) is 24.3 Å². The van der Waals surface area contributed by atoms with Crippen molar-refractivity contribution < 1.29 is 34.5 Å². The second-order valence-electron chi connectivity index (χ2n) is 2.28. The summed E-state index contributed by atoms with van der Waals surface area (Å²) in [4.78, 5) is 10.3. The number of carboxylic acids is 1. The predicted octanol–water partition coefficient (Wildman–Crippen LogP) is -2.71. The summed E-state index contributed by atoms with van der Waals surface area (Å²) in [5.74, 6) is -1.37. The standard InChI is InChI=1S/C7H8NO3.Zn/c8-6-4(7(10)11)2-1-3-5(6)9;/h1-3,5-6H,8H2,(H,10,11);/q-1;+2/p-1/t5-,6-;/m0./s1. The zero-order valence-corrected chi connectivity index (χ0v) is 9.36. The molecule has 1 aliphatic rings. The zero-order valence-electron chi connectivity index (χ0n) is 6.40. The van der Waals surface area contributed by atoms with E-state index in [0.717, 1.165) is 0 Å². The van der Waals surface area contributed by atoms with E-state index >= 15 is 0 Å². The number of hydrogen-bond acceptors (Lipinski definition) is 4. The Morgan fingerprint density at radius 3 is 2.58 bits per heavy atom. The SMILES string of the molecule is N[C@H]1C(C(=O)[O-])=CC=C[C@@H]1[O-].[Zn+2]. The van der Waals surface area contributed by atoms with Crippen molar-refractivity contribution in [3.63, 3.8) is 0 Å². The Balaban J connectivity index is 0.00000121. The number of carboxylic acid groups (broad SMARTS) is 1. The molecule has 1 aliphatic carbocycles. The topological polar surface area (TPSA) is 89.2 Å². The fraction of sp³-hybridized carbons (Fsp3) is 0.286. The maximum Gasteiger partial charge on any atom is 2.00 e. The fourth-order valence-electron chi connectivity index (χ4n) is 0.881. The number of rotatable bonds is 1. The summed E-state index contributed by atoms with van der Waals surface area (Å²) in [6.07, 6.45) is 2.81. The first-order valence-corrected chi connectivity index (χ1v) is 3.14. The number of carbonyl (C=O) groups excluding carboxylic acids is 1. The van der Waals surface area contributed by atoms with Crippen molar-refractivity contribution in [2.75, 3.05) is 0 Å². The maximum absolute atomic E-state index is 10.8. The molecule has 0 radical (unpaired) electrons. The van der Waals surface area contributed by atoms with Gasteiger partial charge in [-0.05, 0) is 5.57 Å². The van der Waals surface area contributed by atoms with Crippen LogP contribution in [0.3, 0.4) is 0 Å². The molecule has 0 fully saturated rings. The molecule has 4 nitrogen and oxygen atoms in total. The molecule has 60 valence electrons. The molecule has 0 heterocycles. The molecule has 5 heteroatoms. The Morgan fingerprint density at radius 1 is 1.58 bits per heavy atom. The molecular weight excluding hydrogens is 211 g/mol. The second-order valence-corrected chi connectivity index (χ2v) is 2.28. The molecule has 0 spiro atoms. The van der Waals surface area contributed by atoms with E-state index in [1.807, 2.05) is 0 Å². The van der Waals surface area contributed by atoms with Crippen LogP contribution in [-0.4, -0.2) is 18.1 Å². The van der Waals surface area contributed by atoms with Crippen molar-refractivity contribution in [1.29, 1.82) is 0 Å². The number of hydrogen-bond donors (Lipinski definition) is 1. The van der Waals surface area contributed by atoms with Gasteiger partial charge in [-0.1, -0.05) is 24.3 Å². The molecule has 0 aromatic rings. The van der Waals surface area contributed by atoms with E-state index in [1.165, 1.54) is 18.2 Å². The largest absolute Gasteiger partial charge is 2.00 e. The molecule has 12 heavy (non-hydrogen) atoms. The third kappa shape index (κ3) is 2.24. The summed E-state index contributed by atoms with van der Waals surface area (Å²) >= 11 is 0. The molecule has 2 atom stereocenters. The van der Waals surface area contributed by atoms with E-state index in [9.17, 15) is 15.0 Å². The van der Waals surface area contributed by atoms with Gasteiger partial charge in [0.05, 0.1) is 5.97 Å². The van der Waals surface area contributed by atoms with Crippen LogP contribution in [0.25, 0.3) is 0 Å². The monoisotopic (exact) mass is 217 g/mol. The molecular formula is C7H7NO3Zn. The summed E-state index contributed by atoms with van der Waals surface area (Å²) in [6.45, 7) is 0. The van der Waals surface area contributed by atoms with Crippen molar-refractivity contribution in [3.05, 3.63) is 23.8 Å². The molecule has 0 aliphatic heterocycles. The average Bonchev–Trinajstić information content (AvgIpc) is 1.94. The number of carbonyl (C=O) groups is 1. The van der Waals surface area contributed by atoms with Crippen LogP contribution in [0.1, 0.15) is 0 Å². The van der Waals surface area contributed by atoms with Gasteiger partial charge in [-0.2, -0.15) is 0 Å². The van der Waals surface area contributed by atoms with Gasteiger partial charge in [0.15, 0.2) is 0 Å². The van der Waals surface area contributed by atoms with Crippen LogP contribution < -0.4 is 15.9 Å². The van der Waals surface area contributed by atoms with E-state index < -0.39 is 18.1 Å². The average molecular weight is 219 g/mol. The molecule has 0 saturated carbocycles. The quantitative estimate of drug-likeness (QED) is 0.485. The number of aliphatic carboxylic acids is 1. The summed E-state index contributed by atoms with van der Waals surface area (Å²) in [5.41, 5.74) is 5.14. The van der Waals surface area contributed by atoms with E-state index in [2.05, 4.69) is 0 Å². The van der Waals surface area contributed by atoms with E-state index in [0.29, 0.717) is 0 Å². The molecule has 0 saturated heterocycles. The summed E-state index contributed by atoms with van der Waals surface area (Å²) in [6, 6.07) is -0.981. The van der Waals surface area contributed by atoms with Crippen LogP contribution in [0, 0.1) is 0 Å². The van der Waals surface area contributed by atoms with Crippen LogP contribution in [0.5, 0.6) is 0 Å². The van der Waals surface area contributed by atoms with Crippen molar-refractivity contribution >= 4 is 5.97 Å². The van der Waals surface area contributed by atoms with Gasteiger partial charge in [0.1, 0.15) is 0 Å². The zero-order chi connectivity index (χ0) is 8.43. The predicted molar refractivity (Wildman–Crippen MR) is 34.0 cm³/mol. The van der Waals surface area contributed by atoms with Crippen LogP contribution in [0.15, 0.2) is 23.8 Å². The minimum Gasteiger partial charge on any atom is -0.848 e. The van der Waals surface area contributed by atoms with Gasteiger partial charge in [-0.15, -0.1) is 0 Å². The molecule has 0 aromatic carbocycles. The Kier molecular flexibility index (Phi) is 4.31. The third-order valence-electron chi connectivity index (χ3n) is 1.53. The first-order chi connectivity index (χ1) is 5.13. The first kappa shape index (κ1) is 11.5. The van der Waals surface area contributed by atoms with Gasteiger partial charge in [0.25, 0.3) is 0 Å². The molecule has 2 N–H and O–H groups in total. The van der Waals surface area contributed by atoms with Crippen LogP contribution in [0.4, 0.5) is 0 Å². The smallest absolute Gasteiger partial charge is 0.848 e. The van der Waals surface area contributed by atoms with Crippen molar-refractivity contribution in [1.82, 2.24) is 0 Å². The van der Waals surface area contributed by atoms with E-state index in [1.54, 1.807) is 0 Å². The Hall–Kier alpha value is -0.507. The van der Waals surface area contributed by atoms with Gasteiger partial charge in [-0.25, -0.2) is 0 Å². The minimum absolute atomic E-state index is 0. The summed E-state index contributed by atoms with van der Waals surface area (Å²) < 4.78 is 0. The first-order valence-electron chi connectivity index (χ1n) is 3.14. The molecule has 1 rings (SSSR count). The van der Waals surface area contributed by atoms with Crippen molar-refractivity contribution in [2.45, 2.75) is 12.1 Å². The normalized spacial score (nSPS) is 27.3. The minimum atomic E-state index is -1.37. The van der Waals surface area contributed by atoms with Gasteiger partial charge in [-0.3, -0.25) is 0 Å². The number of nitrogens with two attached hydrogens (primary N) is 1. The molecule has 0 amide bonds. The van der Waals surface area contributed by atoms with Crippen LogP contribution >= 0.6 is 0 Å². The van der Waals surface area contributed by atoms with Crippen molar-refractivity contribution in [2.24, 2.45) is 5.73 Å². The molecule has 0 bridgehead atoms. The third-order valence-corrected chi connectivity index (χ3v) is 1.53. The van der Waals surface area contributed by atoms with E-state index in [-0.39, 0.29) is 25.1 Å². The molecule has 0 unspecified atom stereocenters. The van der Waals surface area contributed by atoms with Crippen molar-refractivity contribution in [3.8, 4) is 0 Å². The Labute approximate surface area is 82.5 Å². The Bertz CT molecular complexity index is 237. The van der Waals surface area contributed by atoms with E-state index in [4.69, 9.17) is 5.73 Å². The van der Waals surface area contributed by atoms with Gasteiger partial charge in [0, 0.05) is 6.04 Å². The number of allylic oxidation sites excluding steroid dienone is 2. The van der Waals surface area contributed by atoms with Gasteiger partial charge in [0.2, 0.25) is 0 Å². The second kappa shape index (κ2) is 4.50. The van der Waals surface area contributed by atoms with Gasteiger partial charge >= 0.3 is 19.5 Å². The summed E-state index contributed by atoms with van der Waals surface area (Å²) in [7, 11) is 0. The summed E-state index contributed by atoms with van der Waals surface area (Å²) in [5, 5.41) is 21.1. The van der Waals surface area contributed by atoms with Crippen LogP contribution in [0.2, 0.25) is 0 Å². The maximum atomic E-state index is 10.8. The van der Waals surface area contributed by atoms with Gasteiger partial charge < -0.3 is 20.7 Å². The fourth-order valence-corrected chi connectivity index (χ4v) is 0.881. The Morgan fingerprint density at radius 2 is 2.17 bits per heavy atom.